The highest BCUT2D eigenvalue weighted by molar-refractivity contribution is 6.31. The Morgan fingerprint density at radius 3 is 3.03 bits per heavy atom. The van der Waals surface area contributed by atoms with Gasteiger partial charge in [-0.25, -0.2) is 4.98 Å². The van der Waals surface area contributed by atoms with E-state index in [4.69, 9.17) is 11.6 Å². The van der Waals surface area contributed by atoms with Gasteiger partial charge in [0.15, 0.2) is 0 Å². The number of aliphatic hydroxyl groups is 1. The molecule has 2 heterocycles. The van der Waals surface area contributed by atoms with Crippen molar-refractivity contribution in [3.05, 3.63) is 29.0 Å². The van der Waals surface area contributed by atoms with Crippen LogP contribution >= 0.6 is 11.6 Å². The number of halogens is 1. The molecule has 0 spiro atoms. The molecule has 0 radical (unpaired) electrons. The molecule has 1 aromatic heterocycles. The lowest BCUT2D eigenvalue weighted by atomic mass is 9.86. The van der Waals surface area contributed by atoms with Gasteiger partial charge in [0.25, 0.3) is 0 Å². The number of amides is 2. The predicted octanol–water partition coefficient (Wildman–Crippen LogP) is 0.989. The second-order valence-corrected chi connectivity index (χ2v) is 8.64. The number of rotatable bonds is 5. The average Bonchev–Trinajstić information content (AvgIpc) is 3.03. The van der Waals surface area contributed by atoms with Crippen molar-refractivity contribution in [2.45, 2.75) is 50.3 Å². The fourth-order valence-corrected chi connectivity index (χ4v) is 4.77. The average molecular weight is 434 g/mol. The molecule has 1 saturated heterocycles. The maximum absolute atomic E-state index is 12.6. The van der Waals surface area contributed by atoms with Gasteiger partial charge >= 0.3 is 0 Å². The summed E-state index contributed by atoms with van der Waals surface area (Å²) in [4.78, 5) is 30.9. The number of aromatic nitrogens is 2. The summed E-state index contributed by atoms with van der Waals surface area (Å²) in [6.45, 7) is 1.63. The molecule has 2 aliphatic rings. The first-order valence-corrected chi connectivity index (χ1v) is 10.9. The van der Waals surface area contributed by atoms with Crippen LogP contribution in [0.4, 0.5) is 0 Å². The lowest BCUT2D eigenvalue weighted by molar-refractivity contribution is -0.128. The van der Waals surface area contributed by atoms with Crippen molar-refractivity contribution in [2.24, 2.45) is 7.05 Å². The largest absolute Gasteiger partial charge is 0.389 e. The molecule has 2 aromatic rings. The van der Waals surface area contributed by atoms with Crippen LogP contribution in [0.1, 0.15) is 31.5 Å². The second kappa shape index (κ2) is 8.91. The molecule has 1 aliphatic carbocycles. The summed E-state index contributed by atoms with van der Waals surface area (Å²) in [5.74, 6) is 0.716. The SMILES string of the molecule is Cn1c(CCC(=O)N[C@@H]2CCC[C@@H](N3CCNC(=O)C3)[C@@H]2O)nc2cc(Cl)ccc21. The smallest absolute Gasteiger partial charge is 0.234 e. The number of aliphatic hydroxyl groups excluding tert-OH is 1. The molecule has 3 N–H and O–H groups in total. The zero-order valence-electron chi connectivity index (χ0n) is 17.1. The van der Waals surface area contributed by atoms with Crippen molar-refractivity contribution >= 4 is 34.4 Å². The number of imidazole rings is 1. The molecule has 30 heavy (non-hydrogen) atoms. The molecule has 4 rings (SSSR count). The van der Waals surface area contributed by atoms with Crippen LogP contribution < -0.4 is 10.6 Å². The predicted molar refractivity (Wildman–Crippen MR) is 114 cm³/mol. The number of carbonyl (C=O) groups is 2. The Kier molecular flexibility index (Phi) is 6.26. The number of aryl methyl sites for hydroxylation is 2. The lowest BCUT2D eigenvalue weighted by Gasteiger charge is -2.42. The number of piperazine rings is 1. The molecule has 1 aromatic carbocycles. The van der Waals surface area contributed by atoms with Crippen LogP contribution in [0.3, 0.4) is 0 Å². The fraction of sp³-hybridized carbons (Fsp3) is 0.571. The standard InChI is InChI=1S/C21H28ClN5O3/c1-26-16-6-5-13(22)11-15(16)24-18(26)7-8-19(28)25-14-3-2-4-17(21(14)30)27-10-9-23-20(29)12-27/h5-6,11,14,17,21,30H,2-4,7-10,12H2,1H3,(H,23,29)(H,25,28)/t14-,17-,21-/m1/s1. The van der Waals surface area contributed by atoms with E-state index in [1.807, 2.05) is 34.7 Å². The minimum Gasteiger partial charge on any atom is -0.389 e. The van der Waals surface area contributed by atoms with E-state index >= 15 is 0 Å². The van der Waals surface area contributed by atoms with E-state index in [2.05, 4.69) is 15.6 Å². The molecule has 2 fully saturated rings. The summed E-state index contributed by atoms with van der Waals surface area (Å²) in [5.41, 5.74) is 1.79. The van der Waals surface area contributed by atoms with E-state index in [0.717, 1.165) is 42.7 Å². The summed E-state index contributed by atoms with van der Waals surface area (Å²) in [5, 5.41) is 17.3. The van der Waals surface area contributed by atoms with E-state index in [0.29, 0.717) is 31.0 Å². The number of hydrogen-bond donors (Lipinski definition) is 3. The minimum atomic E-state index is -0.675. The van der Waals surface area contributed by atoms with Crippen molar-refractivity contribution in [2.75, 3.05) is 19.6 Å². The Hall–Kier alpha value is -2.16. The highest BCUT2D eigenvalue weighted by Gasteiger charge is 2.37. The lowest BCUT2D eigenvalue weighted by Crippen LogP contribution is -2.60. The van der Waals surface area contributed by atoms with E-state index in [1.54, 1.807) is 0 Å². The van der Waals surface area contributed by atoms with E-state index in [9.17, 15) is 14.7 Å². The first-order valence-electron chi connectivity index (χ1n) is 10.5. The fourth-order valence-electron chi connectivity index (χ4n) is 4.60. The minimum absolute atomic E-state index is 0.0108. The summed E-state index contributed by atoms with van der Waals surface area (Å²) >= 11 is 6.04. The van der Waals surface area contributed by atoms with Crippen LogP contribution in [0, 0.1) is 0 Å². The first kappa shape index (κ1) is 21.1. The quantitative estimate of drug-likeness (QED) is 0.653. The van der Waals surface area contributed by atoms with E-state index < -0.39 is 6.10 Å². The number of carbonyl (C=O) groups excluding carboxylic acids is 2. The molecule has 9 heteroatoms. The van der Waals surface area contributed by atoms with Crippen LogP contribution in [0.2, 0.25) is 5.02 Å². The molecule has 8 nitrogen and oxygen atoms in total. The third-order valence-electron chi connectivity index (χ3n) is 6.22. The second-order valence-electron chi connectivity index (χ2n) is 8.20. The normalized spacial score (nSPS) is 25.3. The van der Waals surface area contributed by atoms with E-state index in [1.165, 1.54) is 0 Å². The number of hydrogen-bond acceptors (Lipinski definition) is 5. The summed E-state index contributed by atoms with van der Waals surface area (Å²) in [7, 11) is 1.93. The maximum atomic E-state index is 12.6. The molecule has 2 amide bonds. The first-order chi connectivity index (χ1) is 14.4. The van der Waals surface area contributed by atoms with Gasteiger partial charge in [0.05, 0.1) is 29.7 Å². The zero-order valence-corrected chi connectivity index (χ0v) is 17.9. The number of fused-ring (bicyclic) bond motifs is 1. The highest BCUT2D eigenvalue weighted by atomic mass is 35.5. The molecular weight excluding hydrogens is 406 g/mol. The van der Waals surface area contributed by atoms with Gasteiger partial charge in [0.2, 0.25) is 11.8 Å². The Bertz CT molecular complexity index is 946. The van der Waals surface area contributed by atoms with Gasteiger partial charge in [-0.2, -0.15) is 0 Å². The van der Waals surface area contributed by atoms with Crippen molar-refractivity contribution in [1.82, 2.24) is 25.1 Å². The van der Waals surface area contributed by atoms with Crippen LogP contribution in [0.15, 0.2) is 18.2 Å². The molecule has 1 aliphatic heterocycles. The van der Waals surface area contributed by atoms with Gasteiger partial charge < -0.3 is 20.3 Å². The topological polar surface area (TPSA) is 99.5 Å². The monoisotopic (exact) mass is 433 g/mol. The molecule has 1 saturated carbocycles. The van der Waals surface area contributed by atoms with Crippen LogP contribution in [0.25, 0.3) is 11.0 Å². The Morgan fingerprint density at radius 1 is 1.40 bits per heavy atom. The maximum Gasteiger partial charge on any atom is 0.234 e. The summed E-state index contributed by atoms with van der Waals surface area (Å²) in [6.07, 6.45) is 2.62. The van der Waals surface area contributed by atoms with E-state index in [-0.39, 0.29) is 23.9 Å². The van der Waals surface area contributed by atoms with Gasteiger partial charge in [-0.3, -0.25) is 14.5 Å². The van der Waals surface area contributed by atoms with Crippen LogP contribution in [-0.4, -0.2) is 69.2 Å². The third-order valence-corrected chi connectivity index (χ3v) is 6.45. The summed E-state index contributed by atoms with van der Waals surface area (Å²) < 4.78 is 1.98. The number of benzene rings is 1. The van der Waals surface area contributed by atoms with Crippen molar-refractivity contribution in [3.63, 3.8) is 0 Å². The molecule has 162 valence electrons. The van der Waals surface area contributed by atoms with Crippen molar-refractivity contribution < 1.29 is 14.7 Å². The Morgan fingerprint density at radius 2 is 2.23 bits per heavy atom. The van der Waals surface area contributed by atoms with Crippen LogP contribution in [0.5, 0.6) is 0 Å². The van der Waals surface area contributed by atoms with Gasteiger partial charge in [-0.1, -0.05) is 11.6 Å². The molecule has 0 unspecified atom stereocenters. The van der Waals surface area contributed by atoms with Crippen molar-refractivity contribution in [3.8, 4) is 0 Å². The van der Waals surface area contributed by atoms with Crippen LogP contribution in [-0.2, 0) is 23.1 Å². The summed E-state index contributed by atoms with van der Waals surface area (Å²) in [6, 6.07) is 5.18. The Balaban J connectivity index is 1.34. The van der Waals surface area contributed by atoms with Gasteiger partial charge in [0, 0.05) is 44.0 Å². The Labute approximate surface area is 180 Å². The van der Waals surface area contributed by atoms with Gasteiger partial charge in [-0.15, -0.1) is 0 Å². The molecule has 3 atom stereocenters. The third kappa shape index (κ3) is 4.45. The van der Waals surface area contributed by atoms with Gasteiger partial charge in [0.1, 0.15) is 5.82 Å². The zero-order chi connectivity index (χ0) is 21.3. The number of nitrogens with zero attached hydrogens (tertiary/aromatic N) is 3. The van der Waals surface area contributed by atoms with Gasteiger partial charge in [-0.05, 0) is 37.5 Å². The molecule has 0 bridgehead atoms. The molecular formula is C21H28ClN5O3. The van der Waals surface area contributed by atoms with Crippen molar-refractivity contribution in [1.29, 1.82) is 0 Å². The number of nitrogens with one attached hydrogen (secondary N) is 2. The highest BCUT2D eigenvalue weighted by Crippen LogP contribution is 2.25.